The third-order valence-corrected chi connectivity index (χ3v) is 11.0. The molecule has 5 nitrogen and oxygen atoms in total. The molecule has 6 heteroatoms. The van der Waals surface area contributed by atoms with Crippen molar-refractivity contribution in [2.75, 3.05) is 5.75 Å². The summed E-state index contributed by atoms with van der Waals surface area (Å²) in [7, 11) is 0. The molecule has 4 rings (SSSR count). The number of hydrogen-bond donors (Lipinski definition) is 2. The molecule has 0 radical (unpaired) electrons. The zero-order valence-corrected chi connectivity index (χ0v) is 22.3. The van der Waals surface area contributed by atoms with Gasteiger partial charge in [0, 0.05) is 28.1 Å². The monoisotopic (exact) mass is 500 g/mol. The van der Waals surface area contributed by atoms with Gasteiger partial charge in [-0.3, -0.25) is 9.59 Å². The first-order valence-electron chi connectivity index (χ1n) is 12.9. The number of hydrogen-bond acceptors (Lipinski definition) is 6. The number of carbonyl (C=O) groups is 2. The first-order valence-corrected chi connectivity index (χ1v) is 13.9. The maximum atomic E-state index is 13.4. The zero-order valence-electron chi connectivity index (χ0n) is 21.5. The highest BCUT2D eigenvalue weighted by molar-refractivity contribution is 8.00. The molecule has 3 aliphatic carbocycles. The second-order valence-corrected chi connectivity index (χ2v) is 12.7. The molecule has 3 saturated carbocycles. The number of ketones is 1. The summed E-state index contributed by atoms with van der Waals surface area (Å²) in [5, 5.41) is 20.8. The van der Waals surface area contributed by atoms with Crippen LogP contribution in [0.5, 0.6) is 0 Å². The lowest BCUT2D eigenvalue weighted by Gasteiger charge is -2.61. The molecule has 1 aromatic rings. The molecule has 3 aliphatic rings. The summed E-state index contributed by atoms with van der Waals surface area (Å²) in [6.45, 7) is 12.5. The Morgan fingerprint density at radius 3 is 2.54 bits per heavy atom. The molecule has 0 aliphatic heterocycles. The molecule has 0 amide bonds. The lowest BCUT2D eigenvalue weighted by atomic mass is 9.44. The van der Waals surface area contributed by atoms with E-state index in [-0.39, 0.29) is 47.3 Å². The summed E-state index contributed by atoms with van der Waals surface area (Å²) < 4.78 is 6.28. The number of benzene rings is 1. The van der Waals surface area contributed by atoms with Gasteiger partial charge in [0.05, 0.1) is 18.5 Å². The van der Waals surface area contributed by atoms with Crippen molar-refractivity contribution in [1.29, 1.82) is 0 Å². The highest BCUT2D eigenvalue weighted by Gasteiger charge is 2.68. The number of rotatable bonds is 6. The van der Waals surface area contributed by atoms with Gasteiger partial charge in [0.15, 0.2) is 0 Å². The van der Waals surface area contributed by atoms with Gasteiger partial charge < -0.3 is 14.9 Å². The lowest BCUT2D eigenvalue weighted by Crippen LogP contribution is -2.63. The number of aliphatic hydroxyl groups excluding tert-OH is 2. The van der Waals surface area contributed by atoms with Crippen LogP contribution in [0.15, 0.2) is 41.8 Å². The fraction of sp³-hybridized carbons (Fsp3) is 0.655. The molecular formula is C29H40O5S. The Kier molecular flexibility index (Phi) is 7.31. The standard InChI is InChI=1S/C29H40O5S/c1-6-27(4)15-23(34-24(32)17-35-21-9-7-20(16-30)8-10-21)28(5)18(2)11-13-29(19(3)26(27)33)14-12-22(31)25(28)29/h6-10,18-19,23,25-26,30,33H,1,11-17H2,2-5H3/t18?,19-,23+,25?,26-,27+,28-,29?/m0/s1. The second kappa shape index (κ2) is 9.68. The summed E-state index contributed by atoms with van der Waals surface area (Å²) in [6.07, 6.45) is 4.34. The molecule has 0 saturated heterocycles. The fourth-order valence-corrected chi connectivity index (χ4v) is 8.21. The predicted molar refractivity (Wildman–Crippen MR) is 138 cm³/mol. The van der Waals surface area contributed by atoms with Crippen LogP contribution in [0.4, 0.5) is 0 Å². The van der Waals surface area contributed by atoms with Crippen molar-refractivity contribution in [1.82, 2.24) is 0 Å². The molecule has 3 fully saturated rings. The Bertz CT molecular complexity index is 976. The number of aliphatic hydroxyl groups is 2. The first-order chi connectivity index (χ1) is 16.5. The van der Waals surface area contributed by atoms with Crippen molar-refractivity contribution >= 4 is 23.5 Å². The molecule has 1 aromatic carbocycles. The van der Waals surface area contributed by atoms with Crippen LogP contribution in [0.1, 0.15) is 65.4 Å². The molecule has 0 aromatic heterocycles. The summed E-state index contributed by atoms with van der Waals surface area (Å²) in [5.41, 5.74) is -0.560. The molecule has 35 heavy (non-hydrogen) atoms. The van der Waals surface area contributed by atoms with E-state index in [0.29, 0.717) is 12.8 Å². The van der Waals surface area contributed by atoms with Crippen molar-refractivity contribution < 1.29 is 24.5 Å². The van der Waals surface area contributed by atoms with Crippen LogP contribution in [0, 0.1) is 34.0 Å². The van der Waals surface area contributed by atoms with Gasteiger partial charge in [0.25, 0.3) is 0 Å². The minimum Gasteiger partial charge on any atom is -0.461 e. The van der Waals surface area contributed by atoms with Gasteiger partial charge in [-0.15, -0.1) is 18.3 Å². The molecule has 2 N–H and O–H groups in total. The van der Waals surface area contributed by atoms with E-state index in [9.17, 15) is 19.8 Å². The normalized spacial score (nSPS) is 41.0. The maximum absolute atomic E-state index is 13.4. The number of Topliss-reactive ketones (excluding diaryl/α,β-unsaturated/α-hetero) is 1. The average molecular weight is 501 g/mol. The zero-order chi connectivity index (χ0) is 25.6. The number of ether oxygens (including phenoxy) is 1. The van der Waals surface area contributed by atoms with Crippen molar-refractivity contribution in [2.24, 2.45) is 34.0 Å². The largest absolute Gasteiger partial charge is 0.461 e. The quantitative estimate of drug-likeness (QED) is 0.318. The van der Waals surface area contributed by atoms with E-state index in [1.165, 1.54) is 11.8 Å². The van der Waals surface area contributed by atoms with Gasteiger partial charge in [-0.05, 0) is 60.6 Å². The third-order valence-electron chi connectivity index (χ3n) is 10.0. The van der Waals surface area contributed by atoms with Crippen molar-refractivity contribution in [2.45, 2.75) is 83.5 Å². The van der Waals surface area contributed by atoms with Gasteiger partial charge in [0.1, 0.15) is 11.9 Å². The molecule has 0 heterocycles. The predicted octanol–water partition coefficient (Wildman–Crippen LogP) is 5.18. The van der Waals surface area contributed by atoms with Crippen LogP contribution in [0.3, 0.4) is 0 Å². The Balaban J connectivity index is 1.65. The van der Waals surface area contributed by atoms with Crippen molar-refractivity contribution in [3.63, 3.8) is 0 Å². The average Bonchev–Trinajstić information content (AvgIpc) is 3.21. The van der Waals surface area contributed by atoms with E-state index < -0.39 is 23.0 Å². The van der Waals surface area contributed by atoms with Crippen LogP contribution in [-0.2, 0) is 20.9 Å². The van der Waals surface area contributed by atoms with Crippen LogP contribution in [0.25, 0.3) is 0 Å². The van der Waals surface area contributed by atoms with Crippen LogP contribution in [-0.4, -0.2) is 39.9 Å². The van der Waals surface area contributed by atoms with Gasteiger partial charge in [-0.1, -0.05) is 45.9 Å². The molecule has 8 atom stereocenters. The number of carbonyl (C=O) groups excluding carboxylic acids is 2. The number of thioether (sulfide) groups is 1. The third kappa shape index (κ3) is 4.30. The fourth-order valence-electron chi connectivity index (χ4n) is 7.53. The van der Waals surface area contributed by atoms with E-state index in [0.717, 1.165) is 29.7 Å². The van der Waals surface area contributed by atoms with Gasteiger partial charge >= 0.3 is 5.97 Å². The Morgan fingerprint density at radius 2 is 1.91 bits per heavy atom. The van der Waals surface area contributed by atoms with Crippen LogP contribution in [0.2, 0.25) is 0 Å². The molecule has 0 spiro atoms. The van der Waals surface area contributed by atoms with E-state index in [1.807, 2.05) is 37.3 Å². The Hall–Kier alpha value is -1.63. The van der Waals surface area contributed by atoms with E-state index in [4.69, 9.17) is 4.74 Å². The summed E-state index contributed by atoms with van der Waals surface area (Å²) >= 11 is 1.40. The van der Waals surface area contributed by atoms with E-state index in [2.05, 4.69) is 27.4 Å². The Labute approximate surface area is 213 Å². The summed E-state index contributed by atoms with van der Waals surface area (Å²) in [4.78, 5) is 27.6. The molecule has 192 valence electrons. The topological polar surface area (TPSA) is 83.8 Å². The van der Waals surface area contributed by atoms with Gasteiger partial charge in [0.2, 0.25) is 0 Å². The first kappa shape index (κ1) is 26.4. The van der Waals surface area contributed by atoms with E-state index in [1.54, 1.807) is 0 Å². The number of esters is 1. The minimum atomic E-state index is -0.660. The van der Waals surface area contributed by atoms with Crippen molar-refractivity contribution in [3.05, 3.63) is 42.5 Å². The minimum absolute atomic E-state index is 0.0145. The molecular weight excluding hydrogens is 460 g/mol. The lowest BCUT2D eigenvalue weighted by molar-refractivity contribution is -0.205. The van der Waals surface area contributed by atoms with E-state index >= 15 is 0 Å². The van der Waals surface area contributed by atoms with Gasteiger partial charge in [-0.25, -0.2) is 0 Å². The van der Waals surface area contributed by atoms with Crippen LogP contribution >= 0.6 is 11.8 Å². The molecule has 3 unspecified atom stereocenters. The highest BCUT2D eigenvalue weighted by Crippen LogP contribution is 2.68. The molecule has 2 bridgehead atoms. The van der Waals surface area contributed by atoms with Crippen LogP contribution < -0.4 is 0 Å². The highest BCUT2D eigenvalue weighted by atomic mass is 32.2. The smallest absolute Gasteiger partial charge is 0.316 e. The van der Waals surface area contributed by atoms with Crippen molar-refractivity contribution in [3.8, 4) is 0 Å². The maximum Gasteiger partial charge on any atom is 0.316 e. The SMILES string of the molecule is C=C[C@]1(C)C[C@@H](OC(=O)CSc2ccc(CO)cc2)[C@]2(C)C(C)CCC3(CCC(=O)C32)[C@@H](C)[C@@H]1O. The second-order valence-electron chi connectivity index (χ2n) is 11.7. The van der Waals surface area contributed by atoms with Gasteiger partial charge in [-0.2, -0.15) is 0 Å². The Morgan fingerprint density at radius 1 is 1.23 bits per heavy atom. The summed E-state index contributed by atoms with van der Waals surface area (Å²) in [6, 6.07) is 7.47. The summed E-state index contributed by atoms with van der Waals surface area (Å²) in [5.74, 6) is 0.0794.